The van der Waals surface area contributed by atoms with Crippen LogP contribution in [0.4, 0.5) is 13.2 Å². The highest BCUT2D eigenvalue weighted by Gasteiger charge is 2.39. The average molecular weight is 483 g/mol. The molecule has 4 rings (SSSR count). The number of nitriles is 1. The summed E-state index contributed by atoms with van der Waals surface area (Å²) in [7, 11) is -4.43. The Morgan fingerprint density at radius 2 is 2.00 bits per heavy atom. The predicted octanol–water partition coefficient (Wildman–Crippen LogP) is 5.18. The van der Waals surface area contributed by atoms with Crippen LogP contribution in [0, 0.1) is 11.3 Å². The minimum atomic E-state index is -4.72. The SMILES string of the molecule is CC(NS(=O)(=O)c1ccc(-c2c(C#N)c3cc(Cl)ccc3n2C2CCC2)nc1)C(F)(F)F. The Kier molecular flexibility index (Phi) is 5.69. The van der Waals surface area contributed by atoms with Gasteiger partial charge in [-0.25, -0.2) is 8.42 Å². The summed E-state index contributed by atoms with van der Waals surface area (Å²) >= 11 is 6.14. The molecule has 0 bridgehead atoms. The van der Waals surface area contributed by atoms with Crippen LogP contribution in [0.15, 0.2) is 41.4 Å². The van der Waals surface area contributed by atoms with Crippen LogP contribution in [0.5, 0.6) is 0 Å². The fraction of sp³-hybridized carbons (Fsp3) is 0.333. The molecule has 1 N–H and O–H groups in total. The minimum Gasteiger partial charge on any atom is -0.335 e. The zero-order valence-electron chi connectivity index (χ0n) is 16.8. The number of aromatic nitrogens is 2. The van der Waals surface area contributed by atoms with E-state index in [1.165, 1.54) is 12.1 Å². The maximum atomic E-state index is 12.8. The second-order valence-electron chi connectivity index (χ2n) is 7.72. The largest absolute Gasteiger partial charge is 0.404 e. The third-order valence-corrected chi connectivity index (χ3v) is 7.39. The molecule has 11 heteroatoms. The van der Waals surface area contributed by atoms with Crippen LogP contribution >= 0.6 is 11.6 Å². The van der Waals surface area contributed by atoms with Crippen molar-refractivity contribution in [3.63, 3.8) is 0 Å². The average Bonchev–Trinajstić information content (AvgIpc) is 2.99. The highest BCUT2D eigenvalue weighted by Crippen LogP contribution is 2.42. The molecule has 1 unspecified atom stereocenters. The Balaban J connectivity index is 1.80. The van der Waals surface area contributed by atoms with E-state index in [-0.39, 0.29) is 6.04 Å². The van der Waals surface area contributed by atoms with Crippen molar-refractivity contribution in [3.8, 4) is 17.5 Å². The molecule has 1 aliphatic rings. The first-order valence-corrected chi connectivity index (χ1v) is 11.7. The Bertz CT molecular complexity index is 1320. The van der Waals surface area contributed by atoms with Crippen LogP contribution < -0.4 is 4.72 Å². The highest BCUT2D eigenvalue weighted by molar-refractivity contribution is 7.89. The van der Waals surface area contributed by atoms with Gasteiger partial charge in [-0.2, -0.15) is 23.2 Å². The number of nitrogens with one attached hydrogen (secondary N) is 1. The Morgan fingerprint density at radius 1 is 1.28 bits per heavy atom. The summed E-state index contributed by atoms with van der Waals surface area (Å²) in [5.41, 5.74) is 2.07. The summed E-state index contributed by atoms with van der Waals surface area (Å²) in [6.45, 7) is 0.723. The van der Waals surface area contributed by atoms with Gasteiger partial charge in [0, 0.05) is 22.6 Å². The van der Waals surface area contributed by atoms with Gasteiger partial charge in [0.05, 0.1) is 22.5 Å². The first-order chi connectivity index (χ1) is 15.0. The molecule has 1 saturated carbocycles. The van der Waals surface area contributed by atoms with Crippen molar-refractivity contribution in [1.29, 1.82) is 5.26 Å². The van der Waals surface area contributed by atoms with Gasteiger partial charge in [0.1, 0.15) is 17.0 Å². The number of sulfonamides is 1. The molecule has 1 fully saturated rings. The third kappa shape index (κ3) is 3.96. The van der Waals surface area contributed by atoms with Gasteiger partial charge in [0.2, 0.25) is 10.0 Å². The fourth-order valence-corrected chi connectivity index (χ4v) is 5.07. The fourth-order valence-electron chi connectivity index (χ4n) is 3.72. The van der Waals surface area contributed by atoms with Crippen LogP contribution in [0.2, 0.25) is 5.02 Å². The molecule has 3 aromatic rings. The van der Waals surface area contributed by atoms with E-state index in [1.807, 2.05) is 10.6 Å². The monoisotopic (exact) mass is 482 g/mol. The summed E-state index contributed by atoms with van der Waals surface area (Å²) in [6, 6.07) is 7.98. The number of hydrogen-bond acceptors (Lipinski definition) is 4. The first-order valence-electron chi connectivity index (χ1n) is 9.82. The van der Waals surface area contributed by atoms with Gasteiger partial charge in [-0.3, -0.25) is 4.98 Å². The van der Waals surface area contributed by atoms with Crippen molar-refractivity contribution in [2.75, 3.05) is 0 Å². The summed E-state index contributed by atoms with van der Waals surface area (Å²) < 4.78 is 66.6. The van der Waals surface area contributed by atoms with E-state index in [4.69, 9.17) is 11.6 Å². The van der Waals surface area contributed by atoms with Gasteiger partial charge in [0.15, 0.2) is 0 Å². The van der Waals surface area contributed by atoms with Crippen molar-refractivity contribution in [1.82, 2.24) is 14.3 Å². The van der Waals surface area contributed by atoms with Crippen molar-refractivity contribution in [2.45, 2.75) is 49.3 Å². The van der Waals surface area contributed by atoms with Crippen LogP contribution in [0.1, 0.15) is 37.8 Å². The number of pyridine rings is 1. The van der Waals surface area contributed by atoms with E-state index in [9.17, 15) is 26.9 Å². The van der Waals surface area contributed by atoms with Crippen molar-refractivity contribution >= 4 is 32.5 Å². The molecule has 6 nitrogen and oxygen atoms in total. The molecule has 2 heterocycles. The Labute approximate surface area is 187 Å². The molecule has 0 spiro atoms. The second-order valence-corrected chi connectivity index (χ2v) is 9.87. The normalized spacial score (nSPS) is 16.0. The lowest BCUT2D eigenvalue weighted by atomic mass is 9.92. The lowest BCUT2D eigenvalue weighted by Gasteiger charge is -2.30. The summed E-state index contributed by atoms with van der Waals surface area (Å²) in [4.78, 5) is 3.81. The van der Waals surface area contributed by atoms with Crippen LogP contribution in [-0.2, 0) is 10.0 Å². The van der Waals surface area contributed by atoms with Crippen molar-refractivity contribution < 1.29 is 21.6 Å². The maximum Gasteiger partial charge on any atom is 0.404 e. The van der Waals surface area contributed by atoms with Gasteiger partial charge in [-0.05, 0) is 56.5 Å². The molecule has 1 aliphatic carbocycles. The van der Waals surface area contributed by atoms with Crippen LogP contribution in [0.3, 0.4) is 0 Å². The van der Waals surface area contributed by atoms with Gasteiger partial charge in [-0.1, -0.05) is 11.6 Å². The van der Waals surface area contributed by atoms with E-state index < -0.39 is 27.1 Å². The lowest BCUT2D eigenvalue weighted by molar-refractivity contribution is -0.147. The second kappa shape index (κ2) is 8.06. The summed E-state index contributed by atoms with van der Waals surface area (Å²) in [5.74, 6) is 0. The molecule has 1 aromatic carbocycles. The van der Waals surface area contributed by atoms with Gasteiger partial charge < -0.3 is 4.57 Å². The number of nitrogens with zero attached hydrogens (tertiary/aromatic N) is 3. The topological polar surface area (TPSA) is 87.8 Å². The number of alkyl halides is 3. The molecule has 0 aliphatic heterocycles. The molecule has 1 atom stereocenters. The number of hydrogen-bond donors (Lipinski definition) is 1. The zero-order chi connectivity index (χ0) is 23.3. The smallest absolute Gasteiger partial charge is 0.335 e. The standard InChI is InChI=1S/C21H18ClF3N4O2S/c1-12(21(23,24)25)28-32(30,31)15-6-7-18(27-11-15)20-17(10-26)16-9-13(22)5-8-19(16)29(20)14-3-2-4-14/h5-9,11-12,14,28H,2-4H2,1H3. The molecular weight excluding hydrogens is 465 g/mol. The third-order valence-electron chi connectivity index (χ3n) is 5.63. The lowest BCUT2D eigenvalue weighted by Crippen LogP contribution is -2.42. The van der Waals surface area contributed by atoms with E-state index in [2.05, 4.69) is 11.1 Å². The van der Waals surface area contributed by atoms with Gasteiger partial charge in [0.25, 0.3) is 0 Å². The maximum absolute atomic E-state index is 12.8. The van der Waals surface area contributed by atoms with E-state index in [0.717, 1.165) is 37.9 Å². The quantitative estimate of drug-likeness (QED) is 0.542. The molecule has 0 saturated heterocycles. The molecular formula is C21H18ClF3N4O2S. The zero-order valence-corrected chi connectivity index (χ0v) is 18.4. The molecule has 168 valence electrons. The number of rotatable bonds is 5. The van der Waals surface area contributed by atoms with Crippen molar-refractivity contribution in [2.24, 2.45) is 0 Å². The van der Waals surface area contributed by atoms with Crippen LogP contribution in [0.25, 0.3) is 22.3 Å². The highest BCUT2D eigenvalue weighted by atomic mass is 35.5. The Morgan fingerprint density at radius 3 is 2.53 bits per heavy atom. The predicted molar refractivity (Wildman–Crippen MR) is 114 cm³/mol. The molecule has 0 radical (unpaired) electrons. The summed E-state index contributed by atoms with van der Waals surface area (Å²) in [5, 5.41) is 11.0. The molecule has 32 heavy (non-hydrogen) atoms. The number of benzene rings is 1. The van der Waals surface area contributed by atoms with Gasteiger partial charge in [-0.15, -0.1) is 0 Å². The van der Waals surface area contributed by atoms with E-state index >= 15 is 0 Å². The minimum absolute atomic E-state index is 0.162. The molecule has 0 amide bonds. The summed E-state index contributed by atoms with van der Waals surface area (Å²) in [6.07, 6.45) is -0.816. The van der Waals surface area contributed by atoms with Crippen LogP contribution in [-0.4, -0.2) is 30.2 Å². The Hall–Kier alpha value is -2.61. The first kappa shape index (κ1) is 22.6. The van der Waals surface area contributed by atoms with E-state index in [1.54, 1.807) is 16.9 Å². The van der Waals surface area contributed by atoms with E-state index in [0.29, 0.717) is 27.4 Å². The number of halogens is 4. The molecule has 2 aromatic heterocycles. The number of fused-ring (bicyclic) bond motifs is 1. The van der Waals surface area contributed by atoms with Gasteiger partial charge >= 0.3 is 6.18 Å². The van der Waals surface area contributed by atoms with Crippen molar-refractivity contribution in [3.05, 3.63) is 47.1 Å².